The van der Waals surface area contributed by atoms with Crippen molar-refractivity contribution in [2.24, 2.45) is 0 Å². The van der Waals surface area contributed by atoms with E-state index in [1.54, 1.807) is 12.3 Å². The first kappa shape index (κ1) is 12.7. The maximum atomic E-state index is 7.73. The first-order chi connectivity index (χ1) is 15.0. The summed E-state index contributed by atoms with van der Waals surface area (Å²) in [4.78, 5) is 4.45. The summed E-state index contributed by atoms with van der Waals surface area (Å²) >= 11 is 0. The molecule has 0 saturated heterocycles. The topological polar surface area (TPSA) is 26.0 Å². The summed E-state index contributed by atoms with van der Waals surface area (Å²) < 4.78 is 29.7. The number of aromatic nitrogens is 1. The Bertz CT molecular complexity index is 1630. The number of furan rings is 1. The van der Waals surface area contributed by atoms with Gasteiger partial charge in [-0.3, -0.25) is 4.98 Å². The van der Waals surface area contributed by atoms with Crippen LogP contribution < -0.4 is 0 Å². The average Bonchev–Trinajstić information content (AvgIpc) is 3.17. The Morgan fingerprint density at radius 2 is 1.57 bits per heavy atom. The summed E-state index contributed by atoms with van der Waals surface area (Å²) in [5.41, 5.74) is 3.19. The van der Waals surface area contributed by atoms with Crippen molar-refractivity contribution in [3.63, 3.8) is 0 Å². The lowest BCUT2D eigenvalue weighted by molar-refractivity contribution is 0.674. The van der Waals surface area contributed by atoms with Gasteiger partial charge in [-0.1, -0.05) is 54.6 Å². The van der Waals surface area contributed by atoms with Crippen LogP contribution in [0.15, 0.2) is 89.5 Å². The number of hydrogen-bond acceptors (Lipinski definition) is 2. The first-order valence-electron chi connectivity index (χ1n) is 10.7. The highest BCUT2D eigenvalue weighted by atomic mass is 16.3. The highest BCUT2D eigenvalue weighted by molar-refractivity contribution is 6.23. The molecule has 0 unspecified atom stereocenters. The van der Waals surface area contributed by atoms with Gasteiger partial charge in [-0.25, -0.2) is 0 Å². The van der Waals surface area contributed by atoms with Gasteiger partial charge in [0.15, 0.2) is 0 Å². The molecule has 0 aliphatic rings. The van der Waals surface area contributed by atoms with Gasteiger partial charge in [0, 0.05) is 32.0 Å². The summed E-state index contributed by atoms with van der Waals surface area (Å²) in [7, 11) is 0. The zero-order valence-corrected chi connectivity index (χ0v) is 14.9. The van der Waals surface area contributed by atoms with Crippen molar-refractivity contribution in [2.45, 2.75) is 6.85 Å². The molecule has 0 aliphatic heterocycles. The van der Waals surface area contributed by atoms with Gasteiger partial charge >= 0.3 is 0 Å². The van der Waals surface area contributed by atoms with Crippen molar-refractivity contribution in [2.75, 3.05) is 0 Å². The van der Waals surface area contributed by atoms with Crippen LogP contribution in [0.5, 0.6) is 0 Å². The number of nitrogens with zero attached hydrogens (tertiary/aromatic N) is 1. The molecule has 2 heteroatoms. The molecule has 2 nitrogen and oxygen atoms in total. The smallest absolute Gasteiger partial charge is 0.144 e. The SMILES string of the molecule is [2H]C([2H])([2H])c1ccnc(-c2cccc3c2oc2c3ccc3ccc4ccccc4c32)c1. The van der Waals surface area contributed by atoms with Crippen LogP contribution in [0, 0.1) is 6.85 Å². The van der Waals surface area contributed by atoms with E-state index in [2.05, 4.69) is 41.4 Å². The quantitative estimate of drug-likeness (QED) is 0.288. The average molecular weight is 362 g/mol. The Labute approximate surface area is 166 Å². The fraction of sp³-hybridized carbons (Fsp3) is 0.0385. The Kier molecular flexibility index (Phi) is 2.57. The van der Waals surface area contributed by atoms with Gasteiger partial charge in [0.05, 0.1) is 5.69 Å². The van der Waals surface area contributed by atoms with Crippen LogP contribution in [0.4, 0.5) is 0 Å². The molecule has 0 radical (unpaired) electrons. The minimum absolute atomic E-state index is 0.266. The lowest BCUT2D eigenvalue weighted by Gasteiger charge is -2.04. The van der Waals surface area contributed by atoms with E-state index < -0.39 is 6.85 Å². The Morgan fingerprint density at radius 3 is 2.54 bits per heavy atom. The lowest BCUT2D eigenvalue weighted by atomic mass is 9.99. The molecule has 2 aromatic heterocycles. The van der Waals surface area contributed by atoms with E-state index >= 15 is 0 Å². The van der Waals surface area contributed by atoms with Crippen LogP contribution in [0.2, 0.25) is 0 Å². The van der Waals surface area contributed by atoms with E-state index in [1.165, 1.54) is 6.07 Å². The first-order valence-corrected chi connectivity index (χ1v) is 9.23. The predicted octanol–water partition coefficient (Wildman–Crippen LogP) is 7.26. The van der Waals surface area contributed by atoms with Crippen LogP contribution >= 0.6 is 0 Å². The van der Waals surface area contributed by atoms with E-state index in [1.807, 2.05) is 30.3 Å². The van der Waals surface area contributed by atoms with Crippen LogP contribution in [-0.2, 0) is 0 Å². The van der Waals surface area contributed by atoms with E-state index in [9.17, 15) is 0 Å². The minimum Gasteiger partial charge on any atom is -0.455 e. The molecule has 6 rings (SSSR count). The highest BCUT2D eigenvalue weighted by Gasteiger charge is 2.16. The zero-order chi connectivity index (χ0) is 21.2. The number of aryl methyl sites for hydroxylation is 1. The normalized spacial score (nSPS) is 13.8. The van der Waals surface area contributed by atoms with Crippen molar-refractivity contribution in [3.8, 4) is 11.3 Å². The molecule has 0 fully saturated rings. The number of rotatable bonds is 1. The van der Waals surface area contributed by atoms with Gasteiger partial charge in [-0.15, -0.1) is 0 Å². The maximum Gasteiger partial charge on any atom is 0.144 e. The van der Waals surface area contributed by atoms with Crippen molar-refractivity contribution in [1.29, 1.82) is 0 Å². The third-order valence-electron chi connectivity index (χ3n) is 5.41. The van der Waals surface area contributed by atoms with Gasteiger partial charge in [-0.05, 0) is 52.8 Å². The molecular formula is C26H17NO. The van der Waals surface area contributed by atoms with Crippen LogP contribution in [0.25, 0.3) is 54.7 Å². The summed E-state index contributed by atoms with van der Waals surface area (Å²) in [6.07, 6.45) is 1.54. The molecule has 0 amide bonds. The number of benzene rings is 4. The number of fused-ring (bicyclic) bond motifs is 7. The van der Waals surface area contributed by atoms with Crippen molar-refractivity contribution in [1.82, 2.24) is 4.98 Å². The Morgan fingerprint density at radius 1 is 0.750 bits per heavy atom. The largest absolute Gasteiger partial charge is 0.455 e. The van der Waals surface area contributed by atoms with E-state index in [-0.39, 0.29) is 5.56 Å². The highest BCUT2D eigenvalue weighted by Crippen LogP contribution is 2.40. The zero-order valence-electron chi connectivity index (χ0n) is 17.9. The van der Waals surface area contributed by atoms with Gasteiger partial charge < -0.3 is 4.42 Å². The van der Waals surface area contributed by atoms with Crippen LogP contribution in [-0.4, -0.2) is 4.98 Å². The second kappa shape index (κ2) is 5.67. The second-order valence-corrected chi connectivity index (χ2v) is 7.04. The molecule has 0 bridgehead atoms. The minimum atomic E-state index is -2.19. The third-order valence-corrected chi connectivity index (χ3v) is 5.41. The Hall–Kier alpha value is -3.65. The van der Waals surface area contributed by atoms with Crippen LogP contribution in [0.3, 0.4) is 0 Å². The Balaban J connectivity index is 1.71. The predicted molar refractivity (Wildman–Crippen MR) is 117 cm³/mol. The molecular weight excluding hydrogens is 342 g/mol. The van der Waals surface area contributed by atoms with Gasteiger partial charge in [0.2, 0.25) is 0 Å². The van der Waals surface area contributed by atoms with Gasteiger partial charge in [0.1, 0.15) is 11.2 Å². The van der Waals surface area contributed by atoms with Gasteiger partial charge in [0.25, 0.3) is 0 Å². The molecule has 0 atom stereocenters. The summed E-state index contributed by atoms with van der Waals surface area (Å²) in [5.74, 6) is 0. The molecule has 0 aliphatic carbocycles. The number of para-hydroxylation sites is 1. The molecule has 0 N–H and O–H groups in total. The third kappa shape index (κ3) is 2.12. The monoisotopic (exact) mass is 362 g/mol. The number of pyridine rings is 1. The van der Waals surface area contributed by atoms with Crippen molar-refractivity contribution >= 4 is 43.5 Å². The standard InChI is InChI=1S/C26H17NO/c1-16-13-14-27-23(15-16)22-8-4-7-20-21-12-11-18-10-9-17-5-2-3-6-19(17)24(18)26(21)28-25(20)22/h2-15H,1H3/i1D3. The fourth-order valence-electron chi connectivity index (χ4n) is 4.12. The number of hydrogen-bond donors (Lipinski definition) is 0. The van der Waals surface area contributed by atoms with Crippen molar-refractivity contribution < 1.29 is 8.53 Å². The summed E-state index contributed by atoms with van der Waals surface area (Å²) in [6.45, 7) is -2.19. The summed E-state index contributed by atoms with van der Waals surface area (Å²) in [6, 6.07) is 25.8. The lowest BCUT2D eigenvalue weighted by Crippen LogP contribution is -1.84. The molecule has 28 heavy (non-hydrogen) atoms. The van der Waals surface area contributed by atoms with Crippen LogP contribution in [0.1, 0.15) is 9.68 Å². The molecule has 4 aromatic carbocycles. The fourth-order valence-corrected chi connectivity index (χ4v) is 4.12. The maximum absolute atomic E-state index is 7.73. The van der Waals surface area contributed by atoms with E-state index in [0.29, 0.717) is 11.3 Å². The van der Waals surface area contributed by atoms with E-state index in [4.69, 9.17) is 8.53 Å². The molecule has 6 aromatic rings. The van der Waals surface area contributed by atoms with Crippen molar-refractivity contribution in [3.05, 3.63) is 90.6 Å². The second-order valence-electron chi connectivity index (χ2n) is 7.04. The molecule has 132 valence electrons. The summed E-state index contributed by atoms with van der Waals surface area (Å²) in [5, 5.41) is 6.54. The van der Waals surface area contributed by atoms with Gasteiger partial charge in [-0.2, -0.15) is 0 Å². The van der Waals surface area contributed by atoms with E-state index in [0.717, 1.165) is 43.5 Å². The molecule has 2 heterocycles. The molecule has 0 saturated carbocycles. The molecule has 0 spiro atoms.